The zero-order valence-corrected chi connectivity index (χ0v) is 24.0. The molecule has 0 aliphatic carbocycles. The first-order chi connectivity index (χ1) is 19.3. The molecule has 0 fully saturated rings. The molecule has 0 aromatic heterocycles. The third kappa shape index (κ3) is 27.5. The molecule has 1 amide bonds. The van der Waals surface area contributed by atoms with Gasteiger partial charge in [-0.2, -0.15) is 0 Å². The van der Waals surface area contributed by atoms with E-state index in [-0.39, 0.29) is 25.2 Å². The molecule has 8 nitrogen and oxygen atoms in total. The van der Waals surface area contributed by atoms with Crippen LogP contribution >= 0.6 is 0 Å². The Hall–Kier alpha value is -3.52. The third-order valence-corrected chi connectivity index (χ3v) is 5.42. The van der Waals surface area contributed by atoms with Crippen LogP contribution in [0, 0.1) is 0 Å². The Balaban J connectivity index is 3.81. The molecule has 1 unspecified atom stereocenters. The minimum absolute atomic E-state index is 0.00931. The van der Waals surface area contributed by atoms with Crippen molar-refractivity contribution >= 4 is 23.6 Å². The smallest absolute Gasteiger partial charge is 0.306 e. The van der Waals surface area contributed by atoms with E-state index in [9.17, 15) is 19.2 Å². The first-order valence-corrected chi connectivity index (χ1v) is 14.2. The maximum absolute atomic E-state index is 12.0. The fourth-order valence-electron chi connectivity index (χ4n) is 3.19. The quantitative estimate of drug-likeness (QED) is 0.0603. The van der Waals surface area contributed by atoms with E-state index in [0.717, 1.165) is 44.9 Å². The van der Waals surface area contributed by atoms with Crippen LogP contribution in [-0.4, -0.2) is 47.9 Å². The van der Waals surface area contributed by atoms with Crippen molar-refractivity contribution in [2.24, 2.45) is 5.73 Å². The van der Waals surface area contributed by atoms with Gasteiger partial charge in [-0.1, -0.05) is 73.8 Å². The van der Waals surface area contributed by atoms with E-state index >= 15 is 0 Å². The van der Waals surface area contributed by atoms with Crippen molar-refractivity contribution in [2.45, 2.75) is 90.0 Å². The van der Waals surface area contributed by atoms with Gasteiger partial charge in [0.15, 0.2) is 12.4 Å². The van der Waals surface area contributed by atoms with Crippen LogP contribution in [0.3, 0.4) is 0 Å². The maximum atomic E-state index is 12.0. The van der Waals surface area contributed by atoms with Crippen molar-refractivity contribution in [2.75, 3.05) is 13.2 Å². The molecule has 0 saturated carbocycles. The van der Waals surface area contributed by atoms with Gasteiger partial charge in [-0.15, -0.1) is 0 Å². The first-order valence-electron chi connectivity index (χ1n) is 14.2. The minimum atomic E-state index is -0.936. The van der Waals surface area contributed by atoms with Gasteiger partial charge in [-0.3, -0.25) is 19.2 Å². The Morgan fingerprint density at radius 1 is 0.800 bits per heavy atom. The van der Waals surface area contributed by atoms with Gasteiger partial charge in [0.05, 0.1) is 0 Å². The second-order valence-electron chi connectivity index (χ2n) is 9.14. The Labute approximate surface area is 239 Å². The van der Waals surface area contributed by atoms with Crippen molar-refractivity contribution in [1.29, 1.82) is 0 Å². The van der Waals surface area contributed by atoms with Gasteiger partial charge < -0.3 is 20.9 Å². The number of hydrogen-bond donors (Lipinski definition) is 3. The minimum Gasteiger partial charge on any atom is -0.481 e. The lowest BCUT2D eigenvalue weighted by atomic mass is 10.1. The molecule has 0 heterocycles. The third-order valence-electron chi connectivity index (χ3n) is 5.42. The molecule has 0 radical (unpaired) electrons. The Bertz CT molecular complexity index is 899. The number of carbonyl (C=O) groups excluding carboxylic acids is 3. The van der Waals surface area contributed by atoms with E-state index < -0.39 is 30.5 Å². The molecule has 0 aliphatic heterocycles. The molecule has 8 heteroatoms. The van der Waals surface area contributed by atoms with Gasteiger partial charge in [0.1, 0.15) is 0 Å². The summed E-state index contributed by atoms with van der Waals surface area (Å²) in [6.07, 6.45) is 32.0. The number of carboxylic acids is 1. The fraction of sp³-hybridized carbons (Fsp3) is 0.500. The highest BCUT2D eigenvalue weighted by Gasteiger charge is 2.09. The lowest BCUT2D eigenvalue weighted by Crippen LogP contribution is -2.30. The summed E-state index contributed by atoms with van der Waals surface area (Å²) in [5.74, 6) is -2.00. The van der Waals surface area contributed by atoms with E-state index in [4.69, 9.17) is 15.6 Å². The lowest BCUT2D eigenvalue weighted by Gasteiger charge is -2.08. The van der Waals surface area contributed by atoms with Crippen molar-refractivity contribution < 1.29 is 29.0 Å². The van der Waals surface area contributed by atoms with Crippen LogP contribution in [0.25, 0.3) is 0 Å². The SMILES string of the molecule is CC/C=C\C/C=C\C/C=C\C/C=C\C/C=C\CCCC(=O)/C=C\C(N)CCC(=O)OCC(=O)NCCCC(=O)O. The number of nitrogens with two attached hydrogens (primary N) is 1. The van der Waals surface area contributed by atoms with Crippen molar-refractivity contribution in [3.63, 3.8) is 0 Å². The molecule has 40 heavy (non-hydrogen) atoms. The second-order valence-corrected chi connectivity index (χ2v) is 9.14. The number of unbranched alkanes of at least 4 members (excludes halogenated alkanes) is 1. The Kier molecular flexibility index (Phi) is 24.7. The molecule has 0 spiro atoms. The Morgan fingerprint density at radius 2 is 1.38 bits per heavy atom. The number of ether oxygens (including phenoxy) is 1. The number of aliphatic carboxylic acids is 1. The van der Waals surface area contributed by atoms with Gasteiger partial charge in [-0.05, 0) is 63.9 Å². The molecule has 0 aliphatic rings. The molecular weight excluding hydrogens is 508 g/mol. The number of amides is 1. The molecular formula is C32H48N2O6. The molecule has 222 valence electrons. The van der Waals surface area contributed by atoms with Crippen LogP contribution in [0.4, 0.5) is 0 Å². The van der Waals surface area contributed by atoms with Crippen LogP contribution in [0.15, 0.2) is 72.9 Å². The number of carbonyl (C=O) groups is 4. The molecule has 0 bridgehead atoms. The topological polar surface area (TPSA) is 136 Å². The predicted octanol–water partition coefficient (Wildman–Crippen LogP) is 5.67. The number of carboxylic acid groups (broad SMARTS) is 1. The summed E-state index contributed by atoms with van der Waals surface area (Å²) >= 11 is 0. The van der Waals surface area contributed by atoms with Crippen molar-refractivity contribution in [3.05, 3.63) is 72.9 Å². The molecule has 0 rings (SSSR count). The summed E-state index contributed by atoms with van der Waals surface area (Å²) in [4.78, 5) is 45.7. The molecule has 0 aromatic carbocycles. The largest absolute Gasteiger partial charge is 0.481 e. The highest BCUT2D eigenvalue weighted by Crippen LogP contribution is 2.03. The zero-order chi connectivity index (χ0) is 29.7. The van der Waals surface area contributed by atoms with E-state index in [1.165, 1.54) is 6.08 Å². The predicted molar refractivity (Wildman–Crippen MR) is 161 cm³/mol. The summed E-state index contributed by atoms with van der Waals surface area (Å²) in [6, 6.07) is -0.465. The van der Waals surface area contributed by atoms with Gasteiger partial charge in [-0.25, -0.2) is 0 Å². The summed E-state index contributed by atoms with van der Waals surface area (Å²) in [7, 11) is 0. The maximum Gasteiger partial charge on any atom is 0.306 e. The normalized spacial score (nSPS) is 12.9. The zero-order valence-electron chi connectivity index (χ0n) is 24.0. The highest BCUT2D eigenvalue weighted by atomic mass is 16.5. The molecule has 0 aromatic rings. The summed E-state index contributed by atoms with van der Waals surface area (Å²) in [6.45, 7) is 1.91. The highest BCUT2D eigenvalue weighted by molar-refractivity contribution is 5.89. The number of rotatable bonds is 24. The molecule has 4 N–H and O–H groups in total. The Morgan fingerprint density at radius 3 is 1.95 bits per heavy atom. The van der Waals surface area contributed by atoms with Crippen LogP contribution in [0.2, 0.25) is 0 Å². The van der Waals surface area contributed by atoms with Gasteiger partial charge in [0, 0.05) is 31.8 Å². The number of esters is 1. The number of allylic oxidation sites excluding steroid dienone is 11. The number of hydrogen-bond acceptors (Lipinski definition) is 6. The van der Waals surface area contributed by atoms with E-state index in [1.54, 1.807) is 6.08 Å². The summed E-state index contributed by atoms with van der Waals surface area (Å²) < 4.78 is 4.87. The van der Waals surface area contributed by atoms with E-state index in [1.807, 2.05) is 0 Å². The fourth-order valence-corrected chi connectivity index (χ4v) is 3.19. The summed E-state index contributed by atoms with van der Waals surface area (Å²) in [5.41, 5.74) is 5.93. The first kappa shape index (κ1) is 36.5. The number of nitrogens with one attached hydrogen (secondary N) is 1. The van der Waals surface area contributed by atoms with Gasteiger partial charge in [0.2, 0.25) is 0 Å². The number of ketones is 1. The van der Waals surface area contributed by atoms with E-state index in [2.05, 4.69) is 73.0 Å². The molecule has 0 saturated heterocycles. The van der Waals surface area contributed by atoms with E-state index in [0.29, 0.717) is 19.3 Å². The monoisotopic (exact) mass is 556 g/mol. The van der Waals surface area contributed by atoms with Crippen LogP contribution < -0.4 is 11.1 Å². The second kappa shape index (κ2) is 27.1. The van der Waals surface area contributed by atoms with Gasteiger partial charge in [0.25, 0.3) is 5.91 Å². The summed E-state index contributed by atoms with van der Waals surface area (Å²) in [5, 5.41) is 11.0. The standard InChI is InChI=1S/C32H48N2O6/c1-2-3-4-5-6-7-8-9-10-11-12-13-14-15-16-17-18-20-29(35)24-22-28(33)23-25-32(39)40-27-30(36)34-26-19-21-31(37)38/h3-4,6-7,9-10,12-13,15-16,22,24,28H,2,5,8,11,14,17-21,23,25-27,33H2,1H3,(H,34,36)(H,37,38)/b4-3-,7-6-,10-9-,13-12-,16-15-,24-22-. The van der Waals surface area contributed by atoms with Crippen molar-refractivity contribution in [1.82, 2.24) is 5.32 Å². The van der Waals surface area contributed by atoms with Crippen LogP contribution in [-0.2, 0) is 23.9 Å². The van der Waals surface area contributed by atoms with Crippen LogP contribution in [0.1, 0.15) is 84.0 Å². The lowest BCUT2D eigenvalue weighted by molar-refractivity contribution is -0.148. The van der Waals surface area contributed by atoms with Crippen molar-refractivity contribution in [3.8, 4) is 0 Å². The van der Waals surface area contributed by atoms with Crippen LogP contribution in [0.5, 0.6) is 0 Å². The average Bonchev–Trinajstić information content (AvgIpc) is 2.93. The average molecular weight is 557 g/mol. The van der Waals surface area contributed by atoms with Gasteiger partial charge >= 0.3 is 11.9 Å². The molecule has 1 atom stereocenters.